The van der Waals surface area contributed by atoms with Gasteiger partial charge in [-0.25, -0.2) is 0 Å². The Morgan fingerprint density at radius 2 is 1.65 bits per heavy atom. The second-order valence-electron chi connectivity index (χ2n) is 8.82. The molecule has 4 rings (SSSR count). The Kier molecular flexibility index (Phi) is 7.79. The predicted molar refractivity (Wildman–Crippen MR) is 139 cm³/mol. The summed E-state index contributed by atoms with van der Waals surface area (Å²) in [5, 5.41) is 0. The zero-order valence-corrected chi connectivity index (χ0v) is 20.5. The van der Waals surface area contributed by atoms with Gasteiger partial charge in [0, 0.05) is 36.5 Å². The van der Waals surface area contributed by atoms with Crippen LogP contribution in [0.25, 0.3) is 0 Å². The summed E-state index contributed by atoms with van der Waals surface area (Å²) in [7, 11) is 0. The third kappa shape index (κ3) is 5.39. The number of ether oxygens (including phenoxy) is 1. The fourth-order valence-corrected chi connectivity index (χ4v) is 4.56. The first-order chi connectivity index (χ1) is 16.6. The molecule has 176 valence electrons. The lowest BCUT2D eigenvalue weighted by Crippen LogP contribution is -2.30. The van der Waals surface area contributed by atoms with Crippen LogP contribution in [0.4, 0.5) is 0 Å². The Labute approximate surface area is 203 Å². The van der Waals surface area contributed by atoms with E-state index in [4.69, 9.17) is 9.73 Å². The van der Waals surface area contributed by atoms with Gasteiger partial charge in [-0.15, -0.1) is 0 Å². The lowest BCUT2D eigenvalue weighted by molar-refractivity contribution is 0.0773. The van der Waals surface area contributed by atoms with Crippen LogP contribution in [-0.2, 0) is 0 Å². The van der Waals surface area contributed by atoms with Crippen LogP contribution < -0.4 is 4.74 Å². The van der Waals surface area contributed by atoms with Crippen molar-refractivity contribution >= 4 is 11.6 Å². The number of amides is 1. The summed E-state index contributed by atoms with van der Waals surface area (Å²) in [6.07, 6.45) is 3.26. The first kappa shape index (κ1) is 23.7. The Bertz CT molecular complexity index is 1130. The molecule has 1 aliphatic heterocycles. The number of aliphatic imine (C=N–C) groups is 1. The second-order valence-corrected chi connectivity index (χ2v) is 8.82. The van der Waals surface area contributed by atoms with Crippen molar-refractivity contribution in [2.24, 2.45) is 4.99 Å². The summed E-state index contributed by atoms with van der Waals surface area (Å²) in [6.45, 7) is 8.38. The fourth-order valence-electron chi connectivity index (χ4n) is 4.56. The fraction of sp³-hybridized carbons (Fsp3) is 0.333. The zero-order chi connectivity index (χ0) is 23.9. The van der Waals surface area contributed by atoms with Gasteiger partial charge in [-0.3, -0.25) is 9.79 Å². The number of hydrogen-bond acceptors (Lipinski definition) is 3. The average molecular weight is 455 g/mol. The number of para-hydroxylation sites is 1. The van der Waals surface area contributed by atoms with Gasteiger partial charge in [0.2, 0.25) is 0 Å². The average Bonchev–Trinajstić information content (AvgIpc) is 2.88. The van der Waals surface area contributed by atoms with Crippen molar-refractivity contribution in [3.8, 4) is 11.5 Å². The van der Waals surface area contributed by atoms with Gasteiger partial charge in [0.1, 0.15) is 11.5 Å². The van der Waals surface area contributed by atoms with Crippen molar-refractivity contribution in [3.05, 3.63) is 95.1 Å². The molecular weight excluding hydrogens is 420 g/mol. The molecular formula is C30H34N2O2. The van der Waals surface area contributed by atoms with Crippen molar-refractivity contribution in [2.45, 2.75) is 46.0 Å². The largest absolute Gasteiger partial charge is 0.457 e. The summed E-state index contributed by atoms with van der Waals surface area (Å²) < 4.78 is 6.36. The van der Waals surface area contributed by atoms with Gasteiger partial charge in [-0.1, -0.05) is 48.0 Å². The molecule has 0 aliphatic carbocycles. The molecule has 1 amide bonds. The number of rotatable bonds is 8. The lowest BCUT2D eigenvalue weighted by Gasteiger charge is -2.25. The minimum atomic E-state index is -0.000413. The van der Waals surface area contributed by atoms with Crippen molar-refractivity contribution < 1.29 is 9.53 Å². The third-order valence-corrected chi connectivity index (χ3v) is 6.51. The number of aryl methyl sites for hydroxylation is 1. The molecule has 4 heteroatoms. The minimum Gasteiger partial charge on any atom is -0.457 e. The Hall–Kier alpha value is -3.40. The Balaban J connectivity index is 1.72. The molecule has 0 fully saturated rings. The van der Waals surface area contributed by atoms with Gasteiger partial charge in [-0.2, -0.15) is 0 Å². The van der Waals surface area contributed by atoms with Crippen LogP contribution in [0.15, 0.2) is 77.8 Å². The first-order valence-electron chi connectivity index (χ1n) is 12.4. The van der Waals surface area contributed by atoms with E-state index >= 15 is 0 Å². The van der Waals surface area contributed by atoms with E-state index in [0.717, 1.165) is 54.0 Å². The van der Waals surface area contributed by atoms with Crippen molar-refractivity contribution in [1.29, 1.82) is 0 Å². The van der Waals surface area contributed by atoms with Gasteiger partial charge in [0.25, 0.3) is 5.91 Å². The molecule has 3 aromatic rings. The zero-order valence-electron chi connectivity index (χ0n) is 20.5. The number of benzene rings is 3. The summed E-state index contributed by atoms with van der Waals surface area (Å²) in [6, 6.07) is 24.5. The summed E-state index contributed by atoms with van der Waals surface area (Å²) in [4.78, 5) is 19.6. The molecule has 4 nitrogen and oxygen atoms in total. The van der Waals surface area contributed by atoms with E-state index < -0.39 is 0 Å². The van der Waals surface area contributed by atoms with Crippen molar-refractivity contribution in [2.75, 3.05) is 19.6 Å². The molecule has 0 N–H and O–H groups in total. The monoisotopic (exact) mass is 454 g/mol. The van der Waals surface area contributed by atoms with E-state index in [-0.39, 0.29) is 11.8 Å². The SMILES string of the molecule is CCN(CC)C(=O)c1ccc(C(C2=NCCCC2)c2ccccc2Oc2ccc(C)cc2)cc1. The van der Waals surface area contributed by atoms with E-state index in [1.807, 2.05) is 55.1 Å². The molecule has 1 aliphatic rings. The highest BCUT2D eigenvalue weighted by Gasteiger charge is 2.25. The highest BCUT2D eigenvalue weighted by molar-refractivity contribution is 5.96. The minimum absolute atomic E-state index is 0.000413. The van der Waals surface area contributed by atoms with E-state index in [1.165, 1.54) is 11.3 Å². The van der Waals surface area contributed by atoms with Gasteiger partial charge in [0.15, 0.2) is 0 Å². The number of carbonyl (C=O) groups excluding carboxylic acids is 1. The van der Waals surface area contributed by atoms with Crippen LogP contribution >= 0.6 is 0 Å². The van der Waals surface area contributed by atoms with E-state index in [1.54, 1.807) is 0 Å². The molecule has 0 saturated carbocycles. The topological polar surface area (TPSA) is 41.9 Å². The van der Waals surface area contributed by atoms with Crippen LogP contribution in [0.2, 0.25) is 0 Å². The maximum absolute atomic E-state index is 12.8. The van der Waals surface area contributed by atoms with Gasteiger partial charge >= 0.3 is 0 Å². The molecule has 1 unspecified atom stereocenters. The van der Waals surface area contributed by atoms with E-state index in [2.05, 4.69) is 43.3 Å². The number of hydrogen-bond donors (Lipinski definition) is 0. The third-order valence-electron chi connectivity index (χ3n) is 6.51. The summed E-state index contributed by atoms with van der Waals surface area (Å²) in [5.41, 5.74) is 5.35. The molecule has 1 heterocycles. The van der Waals surface area contributed by atoms with Crippen LogP contribution in [0, 0.1) is 6.92 Å². The summed E-state index contributed by atoms with van der Waals surface area (Å²) in [5.74, 6) is 1.74. The van der Waals surface area contributed by atoms with Gasteiger partial charge in [-0.05, 0) is 75.9 Å². The number of nitrogens with zero attached hydrogens (tertiary/aromatic N) is 2. The maximum atomic E-state index is 12.8. The van der Waals surface area contributed by atoms with E-state index in [0.29, 0.717) is 13.1 Å². The lowest BCUT2D eigenvalue weighted by atomic mass is 9.83. The quantitative estimate of drug-likeness (QED) is 0.367. The predicted octanol–water partition coefficient (Wildman–Crippen LogP) is 7.03. The van der Waals surface area contributed by atoms with Crippen LogP contribution in [-0.4, -0.2) is 36.2 Å². The smallest absolute Gasteiger partial charge is 0.253 e. The van der Waals surface area contributed by atoms with Crippen LogP contribution in [0.5, 0.6) is 11.5 Å². The van der Waals surface area contributed by atoms with Crippen molar-refractivity contribution in [3.63, 3.8) is 0 Å². The highest BCUT2D eigenvalue weighted by Crippen LogP contribution is 2.37. The standard InChI is InChI=1S/C30H34N2O2/c1-4-32(5-2)30(33)24-17-15-23(16-18-24)29(27-11-8-9-21-31-27)26-10-6-7-12-28(26)34-25-19-13-22(3)14-20-25/h6-7,10,12-20,29H,4-5,8-9,11,21H2,1-3H3. The Morgan fingerprint density at radius 1 is 0.941 bits per heavy atom. The van der Waals surface area contributed by atoms with Crippen LogP contribution in [0.1, 0.15) is 66.1 Å². The highest BCUT2D eigenvalue weighted by atomic mass is 16.5. The molecule has 0 spiro atoms. The normalized spacial score (nSPS) is 14.3. The molecule has 3 aromatic carbocycles. The van der Waals surface area contributed by atoms with Gasteiger partial charge < -0.3 is 9.64 Å². The van der Waals surface area contributed by atoms with E-state index in [9.17, 15) is 4.79 Å². The second kappa shape index (κ2) is 11.1. The molecule has 0 aromatic heterocycles. The summed E-state index contributed by atoms with van der Waals surface area (Å²) >= 11 is 0. The van der Waals surface area contributed by atoms with Crippen LogP contribution in [0.3, 0.4) is 0 Å². The molecule has 1 atom stereocenters. The van der Waals surface area contributed by atoms with Crippen molar-refractivity contribution in [1.82, 2.24) is 4.90 Å². The Morgan fingerprint density at radius 3 is 2.29 bits per heavy atom. The number of carbonyl (C=O) groups is 1. The maximum Gasteiger partial charge on any atom is 0.253 e. The molecule has 34 heavy (non-hydrogen) atoms. The molecule has 0 saturated heterocycles. The molecule has 0 bridgehead atoms. The molecule has 0 radical (unpaired) electrons. The van der Waals surface area contributed by atoms with Gasteiger partial charge in [0.05, 0.1) is 5.92 Å². The first-order valence-corrected chi connectivity index (χ1v) is 12.4.